The van der Waals surface area contributed by atoms with Gasteiger partial charge in [-0.2, -0.15) is 0 Å². The maximum Gasteiger partial charge on any atom is 0.321 e. The van der Waals surface area contributed by atoms with Crippen LogP contribution < -0.4 is 5.32 Å². The second kappa shape index (κ2) is 8.92. The highest BCUT2D eigenvalue weighted by molar-refractivity contribution is 7.15. The first kappa shape index (κ1) is 21.3. The molecule has 1 aromatic heterocycles. The van der Waals surface area contributed by atoms with Gasteiger partial charge in [-0.15, -0.1) is 11.3 Å². The molecule has 8 heteroatoms. The van der Waals surface area contributed by atoms with E-state index in [0.29, 0.717) is 12.8 Å². The number of anilines is 1. The van der Waals surface area contributed by atoms with Crippen LogP contribution in [-0.2, 0) is 11.2 Å². The second-order valence-electron chi connectivity index (χ2n) is 8.11. The van der Waals surface area contributed by atoms with Crippen molar-refractivity contribution in [3.63, 3.8) is 0 Å². The number of aliphatic carboxylic acids is 1. The Morgan fingerprint density at radius 2 is 1.83 bits per heavy atom. The van der Waals surface area contributed by atoms with E-state index in [1.807, 2.05) is 35.4 Å². The number of likely N-dealkylation sites (N-methyl/N-ethyl adjacent to an activating group) is 1. The number of carbonyl (C=O) groups excluding carboxylic acids is 1. The fraction of sp³-hybridized carbons (Fsp3) is 0.476. The third-order valence-corrected chi connectivity index (χ3v) is 6.41. The highest BCUT2D eigenvalue weighted by Crippen LogP contribution is 2.30. The first-order valence-electron chi connectivity index (χ1n) is 9.77. The third kappa shape index (κ3) is 5.55. The summed E-state index contributed by atoms with van der Waals surface area (Å²) in [6, 6.07) is 7.68. The SMILES string of the molecule is CN1CCN(C(=O)Nc2ccc(-c3cnc(CCC(C)(C)C(=O)O)s3)cc2)CC1. The average molecular weight is 417 g/mol. The van der Waals surface area contributed by atoms with Gasteiger partial charge in [0.2, 0.25) is 0 Å². The molecular formula is C21H28N4O3S. The number of aromatic nitrogens is 1. The molecule has 1 fully saturated rings. The molecule has 0 unspecified atom stereocenters. The van der Waals surface area contributed by atoms with E-state index in [9.17, 15) is 14.7 Å². The number of carboxylic acids is 1. The number of benzene rings is 1. The van der Waals surface area contributed by atoms with E-state index in [1.54, 1.807) is 25.2 Å². The van der Waals surface area contributed by atoms with Crippen molar-refractivity contribution in [3.05, 3.63) is 35.5 Å². The molecule has 2 N–H and O–H groups in total. The summed E-state index contributed by atoms with van der Waals surface area (Å²) in [5.41, 5.74) is 1.05. The van der Waals surface area contributed by atoms with Gasteiger partial charge in [-0.25, -0.2) is 9.78 Å². The fourth-order valence-electron chi connectivity index (χ4n) is 3.02. The number of amides is 2. The van der Waals surface area contributed by atoms with E-state index in [4.69, 9.17) is 0 Å². The Morgan fingerprint density at radius 1 is 1.17 bits per heavy atom. The van der Waals surface area contributed by atoms with Gasteiger partial charge in [-0.05, 0) is 45.0 Å². The molecule has 0 spiro atoms. The first-order chi connectivity index (χ1) is 13.7. The van der Waals surface area contributed by atoms with Crippen LogP contribution in [0.5, 0.6) is 0 Å². The van der Waals surface area contributed by atoms with Crippen molar-refractivity contribution in [2.45, 2.75) is 26.7 Å². The minimum Gasteiger partial charge on any atom is -0.481 e. The zero-order valence-electron chi connectivity index (χ0n) is 17.1. The lowest BCUT2D eigenvalue weighted by molar-refractivity contribution is -0.147. The van der Waals surface area contributed by atoms with E-state index >= 15 is 0 Å². The molecule has 0 aliphatic carbocycles. The quantitative estimate of drug-likeness (QED) is 0.751. The first-order valence-corrected chi connectivity index (χ1v) is 10.6. The molecule has 0 atom stereocenters. The Morgan fingerprint density at radius 3 is 2.45 bits per heavy atom. The fourth-order valence-corrected chi connectivity index (χ4v) is 3.94. The van der Waals surface area contributed by atoms with Gasteiger partial charge >= 0.3 is 12.0 Å². The van der Waals surface area contributed by atoms with Crippen molar-refractivity contribution < 1.29 is 14.7 Å². The predicted octanol–water partition coefficient (Wildman–Crippen LogP) is 3.63. The van der Waals surface area contributed by atoms with Gasteiger partial charge in [0.05, 0.1) is 15.3 Å². The second-order valence-corrected chi connectivity index (χ2v) is 9.22. The summed E-state index contributed by atoms with van der Waals surface area (Å²) in [6.45, 7) is 6.73. The number of hydrogen-bond acceptors (Lipinski definition) is 5. The topological polar surface area (TPSA) is 85.8 Å². The summed E-state index contributed by atoms with van der Waals surface area (Å²) in [5.74, 6) is -0.788. The van der Waals surface area contributed by atoms with Crippen LogP contribution in [0.15, 0.2) is 30.5 Å². The molecule has 2 aromatic rings. The molecule has 0 bridgehead atoms. The number of nitrogens with one attached hydrogen (secondary N) is 1. The molecule has 1 aliphatic heterocycles. The zero-order chi connectivity index (χ0) is 21.0. The van der Waals surface area contributed by atoms with E-state index in [0.717, 1.165) is 47.3 Å². The summed E-state index contributed by atoms with van der Waals surface area (Å²) < 4.78 is 0. The normalized spacial score (nSPS) is 15.3. The van der Waals surface area contributed by atoms with Gasteiger partial charge in [0.1, 0.15) is 0 Å². The highest BCUT2D eigenvalue weighted by Gasteiger charge is 2.27. The largest absolute Gasteiger partial charge is 0.481 e. The van der Waals surface area contributed by atoms with Gasteiger partial charge in [0.25, 0.3) is 0 Å². The van der Waals surface area contributed by atoms with Crippen LogP contribution in [0.25, 0.3) is 10.4 Å². The van der Waals surface area contributed by atoms with E-state index in [-0.39, 0.29) is 6.03 Å². The van der Waals surface area contributed by atoms with Crippen molar-refractivity contribution in [2.24, 2.45) is 5.41 Å². The maximum atomic E-state index is 12.4. The summed E-state index contributed by atoms with van der Waals surface area (Å²) in [4.78, 5) is 33.1. The Bertz CT molecular complexity index is 855. The van der Waals surface area contributed by atoms with Crippen molar-refractivity contribution >= 4 is 29.0 Å². The molecule has 156 valence electrons. The molecular weight excluding hydrogens is 388 g/mol. The Hall–Kier alpha value is -2.45. The minimum atomic E-state index is -0.788. The van der Waals surface area contributed by atoms with Crippen LogP contribution in [0.3, 0.4) is 0 Å². The molecule has 2 amide bonds. The van der Waals surface area contributed by atoms with Crippen LogP contribution in [0.2, 0.25) is 0 Å². The monoisotopic (exact) mass is 416 g/mol. The molecule has 29 heavy (non-hydrogen) atoms. The summed E-state index contributed by atoms with van der Waals surface area (Å²) >= 11 is 1.58. The Kier molecular flexibility index (Phi) is 6.54. The molecule has 1 saturated heterocycles. The standard InChI is InChI=1S/C21H28N4O3S/c1-21(2,19(26)27)9-8-18-22-14-17(29-18)15-4-6-16(7-5-15)23-20(28)25-12-10-24(3)11-13-25/h4-7,14H,8-13H2,1-3H3,(H,23,28)(H,26,27). The molecule has 0 radical (unpaired) electrons. The lowest BCUT2D eigenvalue weighted by Gasteiger charge is -2.32. The van der Waals surface area contributed by atoms with Gasteiger partial charge in [-0.3, -0.25) is 4.79 Å². The number of urea groups is 1. The van der Waals surface area contributed by atoms with Crippen molar-refractivity contribution in [3.8, 4) is 10.4 Å². The van der Waals surface area contributed by atoms with Crippen LogP contribution >= 0.6 is 11.3 Å². The number of hydrogen-bond donors (Lipinski definition) is 2. The highest BCUT2D eigenvalue weighted by atomic mass is 32.1. The van der Waals surface area contributed by atoms with Crippen LogP contribution in [0.1, 0.15) is 25.3 Å². The van der Waals surface area contributed by atoms with Gasteiger partial charge < -0.3 is 20.2 Å². The van der Waals surface area contributed by atoms with Crippen molar-refractivity contribution in [2.75, 3.05) is 38.5 Å². The lowest BCUT2D eigenvalue weighted by atomic mass is 9.88. The number of carboxylic acid groups (broad SMARTS) is 1. The lowest BCUT2D eigenvalue weighted by Crippen LogP contribution is -2.48. The maximum absolute atomic E-state index is 12.4. The average Bonchev–Trinajstić information content (AvgIpc) is 3.16. The number of aryl methyl sites for hydroxylation is 1. The van der Waals surface area contributed by atoms with E-state index in [2.05, 4.69) is 22.2 Å². The zero-order valence-corrected chi connectivity index (χ0v) is 18.0. The third-order valence-electron chi connectivity index (χ3n) is 5.31. The molecule has 7 nitrogen and oxygen atoms in total. The number of nitrogens with zero attached hydrogens (tertiary/aromatic N) is 3. The number of piperazine rings is 1. The smallest absolute Gasteiger partial charge is 0.321 e. The molecule has 0 saturated carbocycles. The molecule has 1 aromatic carbocycles. The summed E-state index contributed by atoms with van der Waals surface area (Å²) in [5, 5.41) is 13.1. The molecule has 2 heterocycles. The molecule has 1 aliphatic rings. The number of thiazole rings is 1. The van der Waals surface area contributed by atoms with E-state index in [1.165, 1.54) is 0 Å². The Balaban J connectivity index is 1.57. The summed E-state index contributed by atoms with van der Waals surface area (Å²) in [6.07, 6.45) is 3.02. The van der Waals surface area contributed by atoms with Crippen LogP contribution in [0, 0.1) is 5.41 Å². The molecule has 3 rings (SSSR count). The van der Waals surface area contributed by atoms with Gasteiger partial charge in [-0.1, -0.05) is 12.1 Å². The van der Waals surface area contributed by atoms with Crippen LogP contribution in [-0.4, -0.2) is 65.1 Å². The predicted molar refractivity (Wildman–Crippen MR) is 115 cm³/mol. The van der Waals surface area contributed by atoms with Crippen molar-refractivity contribution in [1.29, 1.82) is 0 Å². The van der Waals surface area contributed by atoms with Gasteiger partial charge in [0.15, 0.2) is 0 Å². The minimum absolute atomic E-state index is 0.0630. The number of rotatable bonds is 6. The van der Waals surface area contributed by atoms with E-state index < -0.39 is 11.4 Å². The van der Waals surface area contributed by atoms with Gasteiger partial charge in [0, 0.05) is 44.5 Å². The number of carbonyl (C=O) groups is 2. The summed E-state index contributed by atoms with van der Waals surface area (Å²) in [7, 11) is 2.06. The Labute approximate surface area is 175 Å². The van der Waals surface area contributed by atoms with Crippen LogP contribution in [0.4, 0.5) is 10.5 Å². The van der Waals surface area contributed by atoms with Crippen molar-refractivity contribution in [1.82, 2.24) is 14.8 Å².